The maximum absolute atomic E-state index is 11.2. The smallest absolute Gasteiger partial charge is 0.285 e. The van der Waals surface area contributed by atoms with Crippen LogP contribution in [0.2, 0.25) is 0 Å². The standard InChI is InChI=1S/C14H17BrN6O2/c15-10-5-4-9(8-11(10)21(22)23)20-13(17)18-12(16)19-14(20)6-2-1-3-7-14/h4-5,8H,1-3,6-7H2,(H4,16,17,18,19). The summed E-state index contributed by atoms with van der Waals surface area (Å²) in [5, 5.41) is 11.2. The second kappa shape index (κ2) is 5.80. The van der Waals surface area contributed by atoms with Gasteiger partial charge in [-0.2, -0.15) is 4.99 Å². The molecule has 122 valence electrons. The summed E-state index contributed by atoms with van der Waals surface area (Å²) in [4.78, 5) is 21.2. The van der Waals surface area contributed by atoms with Crippen LogP contribution in [0.4, 0.5) is 11.4 Å². The second-order valence-corrected chi connectivity index (χ2v) is 6.57. The van der Waals surface area contributed by atoms with Crippen LogP contribution in [-0.4, -0.2) is 22.5 Å². The summed E-state index contributed by atoms with van der Waals surface area (Å²) in [5.41, 5.74) is 11.9. The van der Waals surface area contributed by atoms with Crippen LogP contribution in [0, 0.1) is 10.1 Å². The third-order valence-corrected chi connectivity index (χ3v) is 4.91. The van der Waals surface area contributed by atoms with Gasteiger partial charge in [0.2, 0.25) is 11.9 Å². The molecule has 0 unspecified atom stereocenters. The zero-order valence-electron chi connectivity index (χ0n) is 12.4. The molecule has 23 heavy (non-hydrogen) atoms. The Bertz CT molecular complexity index is 711. The van der Waals surface area contributed by atoms with Crippen molar-refractivity contribution in [3.63, 3.8) is 0 Å². The summed E-state index contributed by atoms with van der Waals surface area (Å²) >= 11 is 3.20. The van der Waals surface area contributed by atoms with Crippen LogP contribution in [0.5, 0.6) is 0 Å². The number of hydrogen-bond donors (Lipinski definition) is 2. The minimum absolute atomic E-state index is 0.0243. The highest BCUT2D eigenvalue weighted by Crippen LogP contribution is 2.41. The van der Waals surface area contributed by atoms with Crippen LogP contribution in [0.25, 0.3) is 0 Å². The lowest BCUT2D eigenvalue weighted by Crippen LogP contribution is -2.58. The maximum atomic E-state index is 11.2. The van der Waals surface area contributed by atoms with Gasteiger partial charge in [0.05, 0.1) is 15.1 Å². The molecule has 1 aliphatic heterocycles. The van der Waals surface area contributed by atoms with Gasteiger partial charge >= 0.3 is 0 Å². The molecule has 0 saturated heterocycles. The molecule has 3 rings (SSSR count). The van der Waals surface area contributed by atoms with Crippen molar-refractivity contribution in [2.75, 3.05) is 4.90 Å². The van der Waals surface area contributed by atoms with Crippen LogP contribution >= 0.6 is 15.9 Å². The van der Waals surface area contributed by atoms with Gasteiger partial charge in [0.1, 0.15) is 5.66 Å². The Hall–Kier alpha value is -2.16. The first-order chi connectivity index (χ1) is 10.9. The van der Waals surface area contributed by atoms with Crippen molar-refractivity contribution in [2.45, 2.75) is 37.8 Å². The Morgan fingerprint density at radius 2 is 1.96 bits per heavy atom. The number of nitrogens with zero attached hydrogens (tertiary/aromatic N) is 4. The first-order valence-corrected chi connectivity index (χ1v) is 8.16. The van der Waals surface area contributed by atoms with E-state index in [0.717, 1.165) is 32.1 Å². The van der Waals surface area contributed by atoms with E-state index in [1.165, 1.54) is 6.07 Å². The van der Waals surface area contributed by atoms with Gasteiger partial charge in [0.25, 0.3) is 5.69 Å². The fourth-order valence-electron chi connectivity index (χ4n) is 3.27. The fraction of sp³-hybridized carbons (Fsp3) is 0.429. The second-order valence-electron chi connectivity index (χ2n) is 5.71. The number of hydrogen-bond acceptors (Lipinski definition) is 7. The van der Waals surface area contributed by atoms with Crippen LogP contribution < -0.4 is 16.4 Å². The summed E-state index contributed by atoms with van der Waals surface area (Å²) in [6.07, 6.45) is 4.70. The quantitative estimate of drug-likeness (QED) is 0.602. The highest BCUT2D eigenvalue weighted by Gasteiger charge is 2.43. The van der Waals surface area contributed by atoms with E-state index in [9.17, 15) is 10.1 Å². The lowest BCUT2D eigenvalue weighted by atomic mass is 9.87. The van der Waals surface area contributed by atoms with Crippen LogP contribution in [0.15, 0.2) is 32.7 Å². The van der Waals surface area contributed by atoms with Gasteiger partial charge in [-0.3, -0.25) is 15.0 Å². The maximum Gasteiger partial charge on any atom is 0.285 e. The largest absolute Gasteiger partial charge is 0.369 e. The van der Waals surface area contributed by atoms with Gasteiger partial charge in [-0.1, -0.05) is 6.42 Å². The molecule has 1 saturated carbocycles. The molecule has 1 spiro atoms. The molecule has 1 fully saturated rings. The molecule has 0 radical (unpaired) electrons. The average molecular weight is 381 g/mol. The van der Waals surface area contributed by atoms with E-state index in [1.807, 2.05) is 0 Å². The third-order valence-electron chi connectivity index (χ3n) is 4.24. The first kappa shape index (κ1) is 15.7. The topological polar surface area (TPSA) is 123 Å². The lowest BCUT2D eigenvalue weighted by molar-refractivity contribution is -0.385. The normalized spacial score (nSPS) is 20.1. The van der Waals surface area contributed by atoms with E-state index >= 15 is 0 Å². The van der Waals surface area contributed by atoms with E-state index in [4.69, 9.17) is 11.5 Å². The molecule has 0 bridgehead atoms. The lowest BCUT2D eigenvalue weighted by Gasteiger charge is -2.45. The van der Waals surface area contributed by atoms with Gasteiger partial charge in [-0.15, -0.1) is 0 Å². The number of aliphatic imine (C=N–C) groups is 2. The van der Waals surface area contributed by atoms with Gasteiger partial charge in [-0.25, -0.2) is 4.99 Å². The van der Waals surface area contributed by atoms with E-state index < -0.39 is 10.6 Å². The van der Waals surface area contributed by atoms with Gasteiger partial charge in [-0.05, 0) is 53.7 Å². The summed E-state index contributed by atoms with van der Waals surface area (Å²) in [5.74, 6) is 0.378. The minimum Gasteiger partial charge on any atom is -0.369 e. The van der Waals surface area contributed by atoms with E-state index in [2.05, 4.69) is 25.9 Å². The Morgan fingerprint density at radius 1 is 1.26 bits per heavy atom. The predicted molar refractivity (Wildman–Crippen MR) is 92.3 cm³/mol. The highest BCUT2D eigenvalue weighted by molar-refractivity contribution is 9.10. The molecular weight excluding hydrogens is 364 g/mol. The van der Waals surface area contributed by atoms with Crippen molar-refractivity contribution in [2.24, 2.45) is 21.5 Å². The molecular formula is C14H17BrN6O2. The molecule has 1 aromatic rings. The molecule has 1 aromatic carbocycles. The van der Waals surface area contributed by atoms with Crippen molar-refractivity contribution in [1.29, 1.82) is 0 Å². The van der Waals surface area contributed by atoms with E-state index in [-0.39, 0.29) is 17.6 Å². The van der Waals surface area contributed by atoms with Crippen LogP contribution in [0.3, 0.4) is 0 Å². The van der Waals surface area contributed by atoms with E-state index in [1.54, 1.807) is 17.0 Å². The minimum atomic E-state index is -0.601. The number of benzene rings is 1. The molecule has 1 aliphatic carbocycles. The number of nitro groups is 1. The van der Waals surface area contributed by atoms with Gasteiger partial charge < -0.3 is 11.5 Å². The van der Waals surface area contributed by atoms with Gasteiger partial charge in [0, 0.05) is 6.07 Å². The van der Waals surface area contributed by atoms with Crippen molar-refractivity contribution < 1.29 is 4.92 Å². The highest BCUT2D eigenvalue weighted by atomic mass is 79.9. The summed E-state index contributed by atoms with van der Waals surface area (Å²) in [7, 11) is 0. The number of rotatable bonds is 2. The number of guanidine groups is 2. The Labute approximate surface area is 141 Å². The summed E-state index contributed by atoms with van der Waals surface area (Å²) in [6, 6.07) is 4.89. The molecule has 0 aromatic heterocycles. The molecule has 2 aliphatic rings. The number of halogens is 1. The zero-order chi connectivity index (χ0) is 16.6. The summed E-state index contributed by atoms with van der Waals surface area (Å²) < 4.78 is 0.416. The summed E-state index contributed by atoms with van der Waals surface area (Å²) in [6.45, 7) is 0. The molecule has 1 heterocycles. The van der Waals surface area contributed by atoms with Crippen molar-refractivity contribution >= 4 is 39.2 Å². The van der Waals surface area contributed by atoms with Gasteiger partial charge in [0.15, 0.2) is 0 Å². The van der Waals surface area contributed by atoms with Crippen molar-refractivity contribution in [3.05, 3.63) is 32.8 Å². The molecule has 0 amide bonds. The predicted octanol–water partition coefficient (Wildman–Crippen LogP) is 2.47. The molecule has 8 nitrogen and oxygen atoms in total. The zero-order valence-corrected chi connectivity index (χ0v) is 14.0. The van der Waals surface area contributed by atoms with Crippen molar-refractivity contribution in [3.8, 4) is 0 Å². The monoisotopic (exact) mass is 380 g/mol. The Morgan fingerprint density at radius 3 is 2.61 bits per heavy atom. The number of nitrogens with two attached hydrogens (primary N) is 2. The third kappa shape index (κ3) is 2.76. The first-order valence-electron chi connectivity index (χ1n) is 7.37. The molecule has 9 heteroatoms. The SMILES string of the molecule is NC1=NC2(CCCCC2)N(c2ccc(Br)c([N+](=O)[O-])c2)C(N)=N1. The van der Waals surface area contributed by atoms with Crippen LogP contribution in [0.1, 0.15) is 32.1 Å². The van der Waals surface area contributed by atoms with Crippen LogP contribution in [-0.2, 0) is 0 Å². The number of anilines is 1. The number of nitro benzene ring substituents is 1. The molecule has 4 N–H and O–H groups in total. The average Bonchev–Trinajstić information content (AvgIpc) is 2.48. The van der Waals surface area contributed by atoms with E-state index in [0.29, 0.717) is 10.2 Å². The molecule has 0 atom stereocenters. The Balaban J connectivity index is 2.10. The Kier molecular flexibility index (Phi) is 3.97. The van der Waals surface area contributed by atoms with Crippen molar-refractivity contribution in [1.82, 2.24) is 0 Å². The fourth-order valence-corrected chi connectivity index (χ4v) is 3.67.